The predicted molar refractivity (Wildman–Crippen MR) is 79.4 cm³/mol. The molecular weight excluding hydrogens is 254 g/mol. The summed E-state index contributed by atoms with van der Waals surface area (Å²) in [4.78, 5) is 9.82. The number of hydrogen-bond donors (Lipinski definition) is 1. The van der Waals surface area contributed by atoms with Crippen molar-refractivity contribution in [3.05, 3.63) is 17.1 Å². The summed E-state index contributed by atoms with van der Waals surface area (Å²) in [5.74, 6) is 6.89. The summed E-state index contributed by atoms with van der Waals surface area (Å²) >= 11 is 1.97. The van der Waals surface area contributed by atoms with Gasteiger partial charge in [0.25, 0.3) is 0 Å². The highest BCUT2D eigenvalue weighted by Crippen LogP contribution is 2.52. The van der Waals surface area contributed by atoms with Crippen molar-refractivity contribution in [1.82, 2.24) is 9.97 Å². The van der Waals surface area contributed by atoms with Crippen molar-refractivity contribution in [2.24, 2.45) is 11.8 Å². The van der Waals surface area contributed by atoms with Crippen molar-refractivity contribution in [2.45, 2.75) is 50.0 Å². The van der Waals surface area contributed by atoms with Crippen molar-refractivity contribution < 1.29 is 0 Å². The first kappa shape index (κ1) is 12.0. The number of nitrogens with zero attached hydrogens (tertiary/aromatic N) is 2. The summed E-state index contributed by atoms with van der Waals surface area (Å²) in [5.41, 5.74) is 2.66. The number of anilines is 1. The van der Waals surface area contributed by atoms with Crippen LogP contribution in [-0.4, -0.2) is 16.5 Å². The number of nitrogens with one attached hydrogen (secondary N) is 1. The van der Waals surface area contributed by atoms with Gasteiger partial charge in [-0.15, -0.1) is 0 Å². The fourth-order valence-electron chi connectivity index (χ4n) is 4.11. The quantitative estimate of drug-likeness (QED) is 0.915. The molecule has 3 aliphatic rings. The van der Waals surface area contributed by atoms with E-state index < -0.39 is 0 Å². The minimum Gasteiger partial charge on any atom is -0.370 e. The SMILES string of the molecule is CCNc1nc(C2CC3CCC2C3)nc2c1CSC2. The van der Waals surface area contributed by atoms with Crippen molar-refractivity contribution in [3.8, 4) is 0 Å². The normalized spacial score (nSPS) is 31.7. The molecule has 0 amide bonds. The summed E-state index contributed by atoms with van der Waals surface area (Å²) in [6.45, 7) is 3.10. The van der Waals surface area contributed by atoms with E-state index in [2.05, 4.69) is 12.2 Å². The maximum atomic E-state index is 4.92. The zero-order valence-electron chi connectivity index (χ0n) is 11.5. The highest BCUT2D eigenvalue weighted by molar-refractivity contribution is 7.98. The zero-order valence-corrected chi connectivity index (χ0v) is 12.3. The number of rotatable bonds is 3. The lowest BCUT2D eigenvalue weighted by Gasteiger charge is -2.21. The highest BCUT2D eigenvalue weighted by atomic mass is 32.2. The van der Waals surface area contributed by atoms with Gasteiger partial charge >= 0.3 is 0 Å². The molecule has 3 unspecified atom stereocenters. The molecule has 3 atom stereocenters. The van der Waals surface area contributed by atoms with E-state index in [0.717, 1.165) is 41.5 Å². The smallest absolute Gasteiger partial charge is 0.134 e. The fourth-order valence-corrected chi connectivity index (χ4v) is 5.15. The van der Waals surface area contributed by atoms with Gasteiger partial charge in [0.15, 0.2) is 0 Å². The van der Waals surface area contributed by atoms with Gasteiger partial charge in [-0.05, 0) is 38.0 Å². The minimum absolute atomic E-state index is 0.645. The summed E-state index contributed by atoms with van der Waals surface area (Å²) in [7, 11) is 0. The number of thioether (sulfide) groups is 1. The lowest BCUT2D eigenvalue weighted by Crippen LogP contribution is -2.15. The second-order valence-electron chi connectivity index (χ2n) is 6.16. The van der Waals surface area contributed by atoms with Crippen LogP contribution < -0.4 is 5.32 Å². The lowest BCUT2D eigenvalue weighted by molar-refractivity contribution is 0.405. The topological polar surface area (TPSA) is 37.8 Å². The second kappa shape index (κ2) is 4.65. The lowest BCUT2D eigenvalue weighted by atomic mass is 9.88. The van der Waals surface area contributed by atoms with Gasteiger partial charge in [-0.25, -0.2) is 9.97 Å². The molecule has 1 aliphatic heterocycles. The van der Waals surface area contributed by atoms with Crippen LogP contribution in [-0.2, 0) is 11.5 Å². The molecule has 2 bridgehead atoms. The molecule has 1 aromatic heterocycles. The molecule has 19 heavy (non-hydrogen) atoms. The van der Waals surface area contributed by atoms with Gasteiger partial charge in [0, 0.05) is 29.5 Å². The summed E-state index contributed by atoms with van der Waals surface area (Å²) < 4.78 is 0. The molecule has 1 N–H and O–H groups in total. The Balaban J connectivity index is 1.70. The molecule has 2 aliphatic carbocycles. The maximum absolute atomic E-state index is 4.92. The molecule has 0 radical (unpaired) electrons. The van der Waals surface area contributed by atoms with Gasteiger partial charge in [-0.3, -0.25) is 0 Å². The van der Waals surface area contributed by atoms with Crippen LogP contribution in [0.1, 0.15) is 55.6 Å². The molecule has 0 spiro atoms. The third kappa shape index (κ3) is 1.95. The first-order valence-corrected chi connectivity index (χ1v) is 8.72. The van der Waals surface area contributed by atoms with Crippen molar-refractivity contribution in [3.63, 3.8) is 0 Å². The fraction of sp³-hybridized carbons (Fsp3) is 0.733. The number of fused-ring (bicyclic) bond motifs is 3. The average molecular weight is 275 g/mol. The first-order valence-electron chi connectivity index (χ1n) is 7.56. The molecular formula is C15H21N3S. The number of hydrogen-bond acceptors (Lipinski definition) is 4. The summed E-state index contributed by atoms with van der Waals surface area (Å²) in [6.07, 6.45) is 5.61. The largest absolute Gasteiger partial charge is 0.370 e. The average Bonchev–Trinajstić information content (AvgIpc) is 3.14. The molecule has 2 saturated carbocycles. The Morgan fingerprint density at radius 2 is 2.16 bits per heavy atom. The summed E-state index contributed by atoms with van der Waals surface area (Å²) in [6, 6.07) is 0. The molecule has 1 aromatic rings. The van der Waals surface area contributed by atoms with E-state index in [4.69, 9.17) is 9.97 Å². The maximum Gasteiger partial charge on any atom is 0.134 e. The monoisotopic (exact) mass is 275 g/mol. The second-order valence-corrected chi connectivity index (χ2v) is 7.15. The van der Waals surface area contributed by atoms with Crippen molar-refractivity contribution in [2.75, 3.05) is 11.9 Å². The standard InChI is InChI=1S/C15H21N3S/c1-2-16-14-12-7-19-8-13(12)17-15(18-14)11-6-9-3-4-10(11)5-9/h9-11H,2-8H2,1H3,(H,16,17,18). The molecule has 2 fully saturated rings. The molecule has 4 rings (SSSR count). The van der Waals surface area contributed by atoms with Crippen LogP contribution in [0.4, 0.5) is 5.82 Å². The molecule has 2 heterocycles. The Labute approximate surface area is 119 Å². The van der Waals surface area contributed by atoms with Gasteiger partial charge in [0.1, 0.15) is 11.6 Å². The van der Waals surface area contributed by atoms with Crippen LogP contribution >= 0.6 is 11.8 Å². The van der Waals surface area contributed by atoms with Crippen LogP contribution in [0.3, 0.4) is 0 Å². The Bertz CT molecular complexity index is 502. The molecule has 0 saturated heterocycles. The Morgan fingerprint density at radius 3 is 2.89 bits per heavy atom. The molecule has 0 aromatic carbocycles. The van der Waals surface area contributed by atoms with E-state index >= 15 is 0 Å². The van der Waals surface area contributed by atoms with E-state index in [1.54, 1.807) is 0 Å². The van der Waals surface area contributed by atoms with Gasteiger partial charge in [0.2, 0.25) is 0 Å². The van der Waals surface area contributed by atoms with Gasteiger partial charge in [-0.2, -0.15) is 11.8 Å². The Morgan fingerprint density at radius 1 is 1.21 bits per heavy atom. The van der Waals surface area contributed by atoms with Gasteiger partial charge < -0.3 is 5.32 Å². The van der Waals surface area contributed by atoms with Gasteiger partial charge in [-0.1, -0.05) is 6.42 Å². The van der Waals surface area contributed by atoms with Crippen molar-refractivity contribution in [1.29, 1.82) is 0 Å². The van der Waals surface area contributed by atoms with Crippen LogP contribution in [0.15, 0.2) is 0 Å². The van der Waals surface area contributed by atoms with Crippen molar-refractivity contribution >= 4 is 17.6 Å². The highest BCUT2D eigenvalue weighted by Gasteiger charge is 2.42. The molecule has 4 heteroatoms. The van der Waals surface area contributed by atoms with Crippen LogP contribution in [0.2, 0.25) is 0 Å². The van der Waals surface area contributed by atoms with E-state index in [0.29, 0.717) is 5.92 Å². The van der Waals surface area contributed by atoms with Gasteiger partial charge in [0.05, 0.1) is 5.69 Å². The third-order valence-electron chi connectivity index (χ3n) is 5.01. The Hall–Kier alpha value is -0.770. The van der Waals surface area contributed by atoms with Crippen LogP contribution in [0, 0.1) is 11.8 Å². The van der Waals surface area contributed by atoms with E-state index in [1.165, 1.54) is 36.9 Å². The van der Waals surface area contributed by atoms with E-state index in [9.17, 15) is 0 Å². The molecule has 102 valence electrons. The van der Waals surface area contributed by atoms with Crippen LogP contribution in [0.5, 0.6) is 0 Å². The first-order chi connectivity index (χ1) is 9.35. The van der Waals surface area contributed by atoms with Crippen LogP contribution in [0.25, 0.3) is 0 Å². The van der Waals surface area contributed by atoms with E-state index in [-0.39, 0.29) is 0 Å². The Kier molecular flexibility index (Phi) is 2.94. The zero-order chi connectivity index (χ0) is 12.8. The number of aromatic nitrogens is 2. The minimum atomic E-state index is 0.645. The third-order valence-corrected chi connectivity index (χ3v) is 5.98. The predicted octanol–water partition coefficient (Wildman–Crippen LogP) is 3.56. The van der Waals surface area contributed by atoms with E-state index in [1.807, 2.05) is 11.8 Å². The summed E-state index contributed by atoms with van der Waals surface area (Å²) in [5, 5.41) is 3.45. The molecule has 3 nitrogen and oxygen atoms in total.